The summed E-state index contributed by atoms with van der Waals surface area (Å²) in [6, 6.07) is 40.4. The van der Waals surface area contributed by atoms with Crippen molar-refractivity contribution < 1.29 is 0 Å². The first-order valence-electron chi connectivity index (χ1n) is 15.5. The van der Waals surface area contributed by atoms with E-state index in [2.05, 4.69) is 32.3 Å². The molecule has 2 heterocycles. The molecule has 0 spiro atoms. The maximum Gasteiger partial charge on any atom is 0.137 e. The number of nitrogens with zero attached hydrogens (tertiary/aromatic N) is 8. The minimum atomic E-state index is -0.658. The van der Waals surface area contributed by atoms with Crippen molar-refractivity contribution in [2.24, 2.45) is 0 Å². The molecule has 8 nitrogen and oxygen atoms in total. The molecule has 0 aliphatic heterocycles. The first kappa shape index (κ1) is 34.1. The van der Waals surface area contributed by atoms with Crippen LogP contribution in [-0.4, -0.2) is 29.5 Å². The Bertz CT molecular complexity index is 1760. The Labute approximate surface area is 290 Å². The van der Waals surface area contributed by atoms with Crippen LogP contribution in [0.15, 0.2) is 135 Å². The molecule has 0 fully saturated rings. The summed E-state index contributed by atoms with van der Waals surface area (Å²) in [6.07, 6.45) is 9.24. The molecule has 0 N–H and O–H groups in total. The molecule has 0 saturated carbocycles. The predicted molar refractivity (Wildman–Crippen MR) is 187 cm³/mol. The summed E-state index contributed by atoms with van der Waals surface area (Å²) in [7, 11) is 0. The highest BCUT2D eigenvalue weighted by Gasteiger charge is 2.34. The molecule has 6 rings (SSSR count). The lowest BCUT2D eigenvalue weighted by Gasteiger charge is -2.27. The SMILES string of the molecule is N#CC(CCc1ccc(Cl)cc1)(Cn1cncn1)c1ccccc1.N#CC(CCc1ccc(Cl)cc1)(Cn1cncn1)c1ccccc1. The van der Waals surface area contributed by atoms with Crippen LogP contribution in [0.2, 0.25) is 10.0 Å². The third kappa shape index (κ3) is 8.95. The highest BCUT2D eigenvalue weighted by Crippen LogP contribution is 2.32. The lowest BCUT2D eigenvalue weighted by molar-refractivity contribution is 0.402. The average molecular weight is 674 g/mol. The van der Waals surface area contributed by atoms with E-state index in [-0.39, 0.29) is 0 Å². The lowest BCUT2D eigenvalue weighted by atomic mass is 9.77. The lowest BCUT2D eigenvalue weighted by Crippen LogP contribution is -2.31. The van der Waals surface area contributed by atoms with Crippen LogP contribution in [0, 0.1) is 22.7 Å². The molecule has 6 aromatic rings. The second-order valence-electron chi connectivity index (χ2n) is 11.6. The fraction of sp³-hybridized carbons (Fsp3) is 0.211. The van der Waals surface area contributed by atoms with E-state index in [4.69, 9.17) is 23.2 Å². The Balaban J connectivity index is 0.000000188. The summed E-state index contributed by atoms with van der Waals surface area (Å²) in [5.41, 5.74) is 3.00. The van der Waals surface area contributed by atoms with Crippen LogP contribution in [0.5, 0.6) is 0 Å². The van der Waals surface area contributed by atoms with Crippen LogP contribution >= 0.6 is 23.2 Å². The number of halogens is 2. The van der Waals surface area contributed by atoms with Gasteiger partial charge in [0, 0.05) is 10.0 Å². The third-order valence-electron chi connectivity index (χ3n) is 8.39. The first-order chi connectivity index (χ1) is 23.4. The minimum absolute atomic E-state index is 0.473. The summed E-state index contributed by atoms with van der Waals surface area (Å²) in [4.78, 5) is 7.98. The molecule has 0 radical (unpaired) electrons. The van der Waals surface area contributed by atoms with Crippen LogP contribution in [0.25, 0.3) is 0 Å². The zero-order valence-corrected chi connectivity index (χ0v) is 27.8. The fourth-order valence-corrected chi connectivity index (χ4v) is 5.91. The maximum absolute atomic E-state index is 10.0. The number of rotatable bonds is 12. The Morgan fingerprint density at radius 3 is 1.23 bits per heavy atom. The summed E-state index contributed by atoms with van der Waals surface area (Å²) < 4.78 is 3.44. The topological polar surface area (TPSA) is 109 Å². The van der Waals surface area contributed by atoms with E-state index in [1.807, 2.05) is 109 Å². The number of benzene rings is 4. The van der Waals surface area contributed by atoms with Gasteiger partial charge in [-0.2, -0.15) is 20.7 Å². The highest BCUT2D eigenvalue weighted by atomic mass is 35.5. The zero-order valence-electron chi connectivity index (χ0n) is 26.3. The summed E-state index contributed by atoms with van der Waals surface area (Å²) in [5.74, 6) is 0. The molecule has 2 aromatic heterocycles. The van der Waals surface area contributed by atoms with E-state index in [0.29, 0.717) is 25.9 Å². The molecule has 2 unspecified atom stereocenters. The summed E-state index contributed by atoms with van der Waals surface area (Å²) in [5, 5.41) is 29.8. The molecule has 0 aliphatic carbocycles. The van der Waals surface area contributed by atoms with E-state index in [0.717, 1.165) is 45.1 Å². The van der Waals surface area contributed by atoms with Crippen molar-refractivity contribution in [3.63, 3.8) is 0 Å². The Morgan fingerprint density at radius 1 is 0.542 bits per heavy atom. The monoisotopic (exact) mass is 672 g/mol. The number of hydrogen-bond acceptors (Lipinski definition) is 6. The van der Waals surface area contributed by atoms with E-state index < -0.39 is 10.8 Å². The van der Waals surface area contributed by atoms with Crippen molar-refractivity contribution in [1.29, 1.82) is 10.5 Å². The number of aryl methyl sites for hydroxylation is 2. The number of hydrogen-bond donors (Lipinski definition) is 0. The van der Waals surface area contributed by atoms with Crippen LogP contribution in [0.3, 0.4) is 0 Å². The molecule has 10 heteroatoms. The van der Waals surface area contributed by atoms with E-state index >= 15 is 0 Å². The van der Waals surface area contributed by atoms with Gasteiger partial charge in [0.2, 0.25) is 0 Å². The van der Waals surface area contributed by atoms with Gasteiger partial charge < -0.3 is 0 Å². The van der Waals surface area contributed by atoms with Crippen LogP contribution < -0.4 is 0 Å². The first-order valence-corrected chi connectivity index (χ1v) is 16.3. The highest BCUT2D eigenvalue weighted by molar-refractivity contribution is 6.30. The Kier molecular flexibility index (Phi) is 11.7. The van der Waals surface area contributed by atoms with Gasteiger partial charge in [0.1, 0.15) is 36.1 Å². The predicted octanol–water partition coefficient (Wildman–Crippen LogP) is 8.05. The molecule has 4 aromatic carbocycles. The van der Waals surface area contributed by atoms with Gasteiger partial charge in [-0.1, -0.05) is 108 Å². The molecule has 0 amide bonds. The molecule has 0 bridgehead atoms. The quantitative estimate of drug-likeness (QED) is 0.130. The van der Waals surface area contributed by atoms with Crippen molar-refractivity contribution in [3.8, 4) is 12.1 Å². The van der Waals surface area contributed by atoms with Crippen LogP contribution in [0.4, 0.5) is 0 Å². The van der Waals surface area contributed by atoms with Gasteiger partial charge in [0.25, 0.3) is 0 Å². The smallest absolute Gasteiger partial charge is 0.137 e. The minimum Gasteiger partial charge on any atom is -0.251 e. The van der Waals surface area contributed by atoms with Crippen molar-refractivity contribution in [2.45, 2.75) is 49.6 Å². The van der Waals surface area contributed by atoms with Gasteiger partial charge in [-0.15, -0.1) is 0 Å². The molecule has 2 atom stereocenters. The van der Waals surface area contributed by atoms with Gasteiger partial charge in [-0.05, 0) is 72.2 Å². The normalized spacial score (nSPS) is 13.2. The van der Waals surface area contributed by atoms with E-state index in [9.17, 15) is 10.5 Å². The van der Waals surface area contributed by atoms with Crippen molar-refractivity contribution in [2.75, 3.05) is 0 Å². The average Bonchev–Trinajstić information content (AvgIpc) is 3.86. The van der Waals surface area contributed by atoms with Crippen molar-refractivity contribution in [3.05, 3.63) is 167 Å². The zero-order chi connectivity index (χ0) is 33.7. The number of aromatic nitrogens is 6. The van der Waals surface area contributed by atoms with Crippen molar-refractivity contribution >= 4 is 23.2 Å². The van der Waals surface area contributed by atoms with Gasteiger partial charge in [-0.3, -0.25) is 9.36 Å². The fourth-order valence-electron chi connectivity index (χ4n) is 5.65. The summed E-state index contributed by atoms with van der Waals surface area (Å²) in [6.45, 7) is 0.947. The molecular formula is C38H34Cl2N8. The van der Waals surface area contributed by atoms with Gasteiger partial charge in [-0.25, -0.2) is 9.97 Å². The standard InChI is InChI=1S/2C19H17ClN4/c2*20-18-8-6-16(7-9-18)10-11-19(12-21,13-24-15-22-14-23-24)17-4-2-1-3-5-17/h2*1-9,14-15H,10-11,13H2. The van der Waals surface area contributed by atoms with Gasteiger partial charge >= 0.3 is 0 Å². The largest absolute Gasteiger partial charge is 0.251 e. The second-order valence-corrected chi connectivity index (χ2v) is 12.4. The third-order valence-corrected chi connectivity index (χ3v) is 8.89. The maximum atomic E-state index is 10.0. The Hall–Kier alpha value is -5.28. The van der Waals surface area contributed by atoms with Gasteiger partial charge in [0.05, 0.1) is 25.2 Å². The van der Waals surface area contributed by atoms with Crippen LogP contribution in [0.1, 0.15) is 35.1 Å². The summed E-state index contributed by atoms with van der Waals surface area (Å²) >= 11 is 11.9. The van der Waals surface area contributed by atoms with E-state index in [1.54, 1.807) is 22.0 Å². The van der Waals surface area contributed by atoms with Crippen LogP contribution in [-0.2, 0) is 36.8 Å². The molecule has 240 valence electrons. The van der Waals surface area contributed by atoms with E-state index in [1.165, 1.54) is 12.7 Å². The molecular weight excluding hydrogens is 639 g/mol. The number of nitriles is 2. The van der Waals surface area contributed by atoms with Gasteiger partial charge in [0.15, 0.2) is 0 Å². The second kappa shape index (κ2) is 16.5. The molecule has 0 aliphatic rings. The molecule has 0 saturated heterocycles. The Morgan fingerprint density at radius 2 is 0.917 bits per heavy atom. The van der Waals surface area contributed by atoms with Crippen molar-refractivity contribution in [1.82, 2.24) is 29.5 Å². The molecule has 48 heavy (non-hydrogen) atoms.